The molecule has 3 amide bonds. The fourth-order valence-corrected chi connectivity index (χ4v) is 4.05. The summed E-state index contributed by atoms with van der Waals surface area (Å²) in [6, 6.07) is 15.6. The van der Waals surface area contributed by atoms with Gasteiger partial charge < -0.3 is 15.4 Å². The molecule has 2 aromatic rings. The smallest absolute Gasteiger partial charge is 0.294 e. The Morgan fingerprint density at radius 2 is 1.84 bits per heavy atom. The van der Waals surface area contributed by atoms with Crippen LogP contribution >= 0.6 is 11.8 Å². The molecule has 0 unspecified atom stereocenters. The Bertz CT molecular complexity index is 1000. The molecule has 3 rings (SSSR count). The number of anilines is 1. The number of hydrogen-bond acceptors (Lipinski definition) is 6. The van der Waals surface area contributed by atoms with Gasteiger partial charge in [0.05, 0.1) is 4.91 Å². The van der Waals surface area contributed by atoms with E-state index in [-0.39, 0.29) is 4.91 Å². The van der Waals surface area contributed by atoms with Gasteiger partial charge in [0.25, 0.3) is 11.1 Å². The van der Waals surface area contributed by atoms with Gasteiger partial charge in [-0.05, 0) is 49.4 Å². The van der Waals surface area contributed by atoms with E-state index in [0.717, 1.165) is 41.0 Å². The third-order valence-corrected chi connectivity index (χ3v) is 5.74. The van der Waals surface area contributed by atoms with Gasteiger partial charge in [0, 0.05) is 30.4 Å². The Labute approximate surface area is 185 Å². The van der Waals surface area contributed by atoms with E-state index in [1.54, 1.807) is 6.08 Å². The highest BCUT2D eigenvalue weighted by molar-refractivity contribution is 8.18. The highest BCUT2D eigenvalue weighted by atomic mass is 32.2. The van der Waals surface area contributed by atoms with Gasteiger partial charge >= 0.3 is 0 Å². The highest BCUT2D eigenvalue weighted by Crippen LogP contribution is 2.35. The molecular weight excluding hydrogens is 414 g/mol. The first-order chi connectivity index (χ1) is 14.9. The summed E-state index contributed by atoms with van der Waals surface area (Å²) in [6.07, 6.45) is 1.62. The van der Waals surface area contributed by atoms with Crippen molar-refractivity contribution in [3.8, 4) is 5.75 Å². The number of hydrogen-bond donors (Lipinski definition) is 1. The van der Waals surface area contributed by atoms with Crippen LogP contribution in [0, 0.1) is 0 Å². The number of thioether (sulfide) groups is 1. The summed E-state index contributed by atoms with van der Waals surface area (Å²) >= 11 is 0.786. The van der Waals surface area contributed by atoms with Crippen molar-refractivity contribution in [1.82, 2.24) is 4.90 Å². The standard InChI is InChI=1S/C23H25N3O4S/c1-3-25(4-2)18-11-10-17(19(13-18)30-15-16-8-6-5-7-9-16)12-20-22(28)26(14-21(24)27)23(29)31-20/h5-13H,3-4,14-15H2,1-2H3,(H2,24,27)/b20-12-. The summed E-state index contributed by atoms with van der Waals surface area (Å²) in [4.78, 5) is 39.1. The van der Waals surface area contributed by atoms with Gasteiger partial charge in [-0.15, -0.1) is 0 Å². The Morgan fingerprint density at radius 1 is 1.13 bits per heavy atom. The molecular formula is C23H25N3O4S. The van der Waals surface area contributed by atoms with Crippen molar-refractivity contribution < 1.29 is 19.1 Å². The summed E-state index contributed by atoms with van der Waals surface area (Å²) in [5.41, 5.74) is 7.85. The number of nitrogens with zero attached hydrogens (tertiary/aromatic N) is 2. The maximum Gasteiger partial charge on any atom is 0.294 e. The fraction of sp³-hybridized carbons (Fsp3) is 0.261. The van der Waals surface area contributed by atoms with Crippen molar-refractivity contribution in [3.63, 3.8) is 0 Å². The quantitative estimate of drug-likeness (QED) is 0.600. The zero-order chi connectivity index (χ0) is 22.4. The largest absolute Gasteiger partial charge is 0.488 e. The van der Waals surface area contributed by atoms with Gasteiger partial charge in [-0.25, -0.2) is 0 Å². The van der Waals surface area contributed by atoms with E-state index in [2.05, 4.69) is 18.7 Å². The molecule has 7 nitrogen and oxygen atoms in total. The molecule has 1 aliphatic heterocycles. The predicted octanol–water partition coefficient (Wildman–Crippen LogP) is 3.63. The van der Waals surface area contributed by atoms with Gasteiger partial charge in [0.15, 0.2) is 0 Å². The Morgan fingerprint density at radius 3 is 2.48 bits per heavy atom. The number of nitrogens with two attached hydrogens (primary N) is 1. The highest BCUT2D eigenvalue weighted by Gasteiger charge is 2.36. The van der Waals surface area contributed by atoms with E-state index < -0.39 is 23.6 Å². The number of carbonyl (C=O) groups is 3. The molecule has 31 heavy (non-hydrogen) atoms. The van der Waals surface area contributed by atoms with Crippen LogP contribution in [-0.2, 0) is 16.2 Å². The van der Waals surface area contributed by atoms with Gasteiger partial charge in [-0.3, -0.25) is 19.3 Å². The molecule has 0 radical (unpaired) electrons. The van der Waals surface area contributed by atoms with Crippen molar-refractivity contribution in [2.45, 2.75) is 20.5 Å². The molecule has 1 fully saturated rings. The first-order valence-electron chi connectivity index (χ1n) is 10.0. The minimum atomic E-state index is -0.737. The maximum absolute atomic E-state index is 12.6. The molecule has 0 aromatic heterocycles. The lowest BCUT2D eigenvalue weighted by Crippen LogP contribution is -2.36. The Kier molecular flexibility index (Phi) is 7.36. The lowest BCUT2D eigenvalue weighted by molar-refractivity contribution is -0.127. The summed E-state index contributed by atoms with van der Waals surface area (Å²) in [5.74, 6) is -0.662. The molecule has 0 bridgehead atoms. The summed E-state index contributed by atoms with van der Waals surface area (Å²) in [6.45, 7) is 5.79. The number of ether oxygens (including phenoxy) is 1. The molecule has 2 N–H and O–H groups in total. The summed E-state index contributed by atoms with van der Waals surface area (Å²) < 4.78 is 6.10. The van der Waals surface area contributed by atoms with Crippen molar-refractivity contribution in [1.29, 1.82) is 0 Å². The molecule has 1 aliphatic rings. The summed E-state index contributed by atoms with van der Waals surface area (Å²) in [7, 11) is 0. The second-order valence-corrected chi connectivity index (χ2v) is 7.90. The minimum Gasteiger partial charge on any atom is -0.488 e. The molecule has 8 heteroatoms. The van der Waals surface area contributed by atoms with Gasteiger partial charge in [0.2, 0.25) is 5.91 Å². The third kappa shape index (κ3) is 5.46. The molecule has 162 valence electrons. The zero-order valence-electron chi connectivity index (χ0n) is 17.5. The van der Waals surface area contributed by atoms with E-state index in [9.17, 15) is 14.4 Å². The molecule has 2 aromatic carbocycles. The van der Waals surface area contributed by atoms with E-state index in [4.69, 9.17) is 10.5 Å². The van der Waals surface area contributed by atoms with Crippen LogP contribution in [0.1, 0.15) is 25.0 Å². The number of rotatable bonds is 9. The number of benzene rings is 2. The van der Waals surface area contributed by atoms with Crippen LogP contribution in [0.2, 0.25) is 0 Å². The average Bonchev–Trinajstić information content (AvgIpc) is 3.02. The number of amides is 3. The molecule has 1 heterocycles. The SMILES string of the molecule is CCN(CC)c1ccc(/C=C2\SC(=O)N(CC(N)=O)C2=O)c(OCc2ccccc2)c1. The van der Waals surface area contributed by atoms with Gasteiger partial charge in [0.1, 0.15) is 18.9 Å². The van der Waals surface area contributed by atoms with Crippen molar-refractivity contribution in [3.05, 3.63) is 64.6 Å². The van der Waals surface area contributed by atoms with Gasteiger partial charge in [-0.2, -0.15) is 0 Å². The zero-order valence-corrected chi connectivity index (χ0v) is 18.4. The molecule has 1 saturated heterocycles. The third-order valence-electron chi connectivity index (χ3n) is 4.84. The number of imide groups is 1. The number of primary amides is 1. The van der Waals surface area contributed by atoms with Crippen LogP contribution in [0.5, 0.6) is 5.75 Å². The fourth-order valence-electron chi connectivity index (χ4n) is 3.22. The van der Waals surface area contributed by atoms with E-state index in [1.807, 2.05) is 48.5 Å². The maximum atomic E-state index is 12.6. The van der Waals surface area contributed by atoms with Crippen LogP contribution in [0.25, 0.3) is 6.08 Å². The molecule has 0 spiro atoms. The normalized spacial score (nSPS) is 14.9. The first-order valence-corrected chi connectivity index (χ1v) is 10.8. The van der Waals surface area contributed by atoms with Gasteiger partial charge in [-0.1, -0.05) is 30.3 Å². The van der Waals surface area contributed by atoms with Crippen molar-refractivity contribution in [2.75, 3.05) is 24.5 Å². The van der Waals surface area contributed by atoms with E-state index in [0.29, 0.717) is 17.9 Å². The lowest BCUT2D eigenvalue weighted by atomic mass is 10.1. The van der Waals surface area contributed by atoms with Crippen LogP contribution < -0.4 is 15.4 Å². The summed E-state index contributed by atoms with van der Waals surface area (Å²) in [5, 5.41) is -0.512. The van der Waals surface area contributed by atoms with Crippen LogP contribution in [0.4, 0.5) is 10.5 Å². The monoisotopic (exact) mass is 439 g/mol. The Hall–Kier alpha value is -3.26. The topological polar surface area (TPSA) is 92.9 Å². The first kappa shape index (κ1) is 22.4. The lowest BCUT2D eigenvalue weighted by Gasteiger charge is -2.22. The van der Waals surface area contributed by atoms with Crippen LogP contribution in [-0.4, -0.2) is 41.6 Å². The van der Waals surface area contributed by atoms with Crippen molar-refractivity contribution in [2.24, 2.45) is 5.73 Å². The van der Waals surface area contributed by atoms with E-state index in [1.165, 1.54) is 0 Å². The van der Waals surface area contributed by atoms with Crippen LogP contribution in [0.15, 0.2) is 53.4 Å². The minimum absolute atomic E-state index is 0.228. The molecule has 0 aliphatic carbocycles. The molecule has 0 atom stereocenters. The second kappa shape index (κ2) is 10.2. The second-order valence-electron chi connectivity index (χ2n) is 6.90. The molecule has 0 saturated carbocycles. The van der Waals surface area contributed by atoms with E-state index >= 15 is 0 Å². The van der Waals surface area contributed by atoms with Crippen molar-refractivity contribution >= 4 is 40.6 Å². The predicted molar refractivity (Wildman–Crippen MR) is 123 cm³/mol. The Balaban J connectivity index is 1.92. The average molecular weight is 440 g/mol. The van der Waals surface area contributed by atoms with Crippen LogP contribution in [0.3, 0.4) is 0 Å². The number of carbonyl (C=O) groups excluding carboxylic acids is 3.